The molecule has 2 saturated heterocycles. The van der Waals surface area contributed by atoms with Crippen LogP contribution in [0.1, 0.15) is 57.6 Å². The van der Waals surface area contributed by atoms with E-state index in [1.54, 1.807) is 7.11 Å². The van der Waals surface area contributed by atoms with E-state index in [-0.39, 0.29) is 0 Å². The molecule has 0 saturated carbocycles. The third kappa shape index (κ3) is 6.35. The summed E-state index contributed by atoms with van der Waals surface area (Å²) in [6.45, 7) is 11.0. The summed E-state index contributed by atoms with van der Waals surface area (Å²) in [6.07, 6.45) is 6.45. The van der Waals surface area contributed by atoms with E-state index in [0.29, 0.717) is 12.1 Å². The first kappa shape index (κ1) is 22.9. The topological polar surface area (TPSA) is 49.3 Å². The summed E-state index contributed by atoms with van der Waals surface area (Å²) in [5.41, 5.74) is 1.33. The minimum atomic E-state index is 0.311. The van der Waals surface area contributed by atoms with Crippen LogP contribution >= 0.6 is 0 Å². The number of nitrogens with zero attached hydrogens (tertiary/aromatic N) is 3. The van der Waals surface area contributed by atoms with E-state index < -0.39 is 0 Å². The van der Waals surface area contributed by atoms with Gasteiger partial charge in [0.25, 0.3) is 0 Å². The molecule has 2 heterocycles. The highest BCUT2D eigenvalue weighted by Crippen LogP contribution is 2.27. The van der Waals surface area contributed by atoms with E-state index in [0.717, 1.165) is 70.4 Å². The maximum atomic E-state index is 5.82. The number of nitrogens with one attached hydrogen (secondary N) is 1. The van der Waals surface area contributed by atoms with Gasteiger partial charge in [-0.05, 0) is 70.3 Å². The Balaban J connectivity index is 1.72. The fraction of sp³-hybridized carbons (Fsp3) is 0.708. The molecule has 1 aromatic rings. The number of likely N-dealkylation sites (tertiary alicyclic amines) is 2. The lowest BCUT2D eigenvalue weighted by molar-refractivity contribution is 0.0263. The summed E-state index contributed by atoms with van der Waals surface area (Å²) in [4.78, 5) is 10.1. The second-order valence-electron chi connectivity index (χ2n) is 8.22. The number of methoxy groups -OCH3 is 1. The van der Waals surface area contributed by atoms with Gasteiger partial charge in [-0.3, -0.25) is 9.89 Å². The fourth-order valence-electron chi connectivity index (χ4n) is 4.56. The van der Waals surface area contributed by atoms with Crippen LogP contribution < -0.4 is 10.1 Å². The van der Waals surface area contributed by atoms with Crippen LogP contribution in [0.2, 0.25) is 0 Å². The first-order valence-corrected chi connectivity index (χ1v) is 11.8. The van der Waals surface area contributed by atoms with Crippen LogP contribution in [0.15, 0.2) is 29.3 Å². The molecule has 3 rings (SSSR count). The molecule has 1 unspecified atom stereocenters. The normalized spacial score (nSPS) is 20.2. The number of piperidine rings is 2. The van der Waals surface area contributed by atoms with Gasteiger partial charge in [-0.2, -0.15) is 0 Å². The van der Waals surface area contributed by atoms with Gasteiger partial charge in [-0.25, -0.2) is 0 Å². The Labute approximate surface area is 182 Å². The van der Waals surface area contributed by atoms with Crippen LogP contribution in [-0.2, 0) is 4.74 Å². The molecule has 1 aromatic carbocycles. The van der Waals surface area contributed by atoms with E-state index in [9.17, 15) is 0 Å². The predicted molar refractivity (Wildman–Crippen MR) is 123 cm³/mol. The minimum absolute atomic E-state index is 0.311. The van der Waals surface area contributed by atoms with Crippen molar-refractivity contribution < 1.29 is 9.47 Å². The van der Waals surface area contributed by atoms with Crippen LogP contribution in [0, 0.1) is 0 Å². The van der Waals surface area contributed by atoms with E-state index in [1.165, 1.54) is 24.8 Å². The van der Waals surface area contributed by atoms with Crippen molar-refractivity contribution >= 4 is 5.96 Å². The summed E-state index contributed by atoms with van der Waals surface area (Å²) < 4.78 is 11.2. The lowest BCUT2D eigenvalue weighted by atomic mass is 10.0. The molecule has 1 N–H and O–H groups in total. The molecule has 0 amide bonds. The average molecular weight is 417 g/mol. The summed E-state index contributed by atoms with van der Waals surface area (Å²) in [6, 6.07) is 8.85. The highest BCUT2D eigenvalue weighted by atomic mass is 16.5. The van der Waals surface area contributed by atoms with Crippen molar-refractivity contribution in [1.82, 2.24) is 15.1 Å². The highest BCUT2D eigenvalue weighted by molar-refractivity contribution is 5.80. The molecule has 2 aliphatic heterocycles. The molecule has 1 atom stereocenters. The second-order valence-corrected chi connectivity index (χ2v) is 8.22. The standard InChI is InChI=1S/C24H40N4O2/c1-4-25-24(28-17-13-22(14-18-28)30-5-2)26-19-23(27-15-7-6-8-16-27)20-9-11-21(29-3)12-10-20/h9-12,22-23H,4-8,13-19H2,1-3H3,(H,25,26). The van der Waals surface area contributed by atoms with Gasteiger partial charge < -0.3 is 19.7 Å². The third-order valence-electron chi connectivity index (χ3n) is 6.22. The van der Waals surface area contributed by atoms with Gasteiger partial charge in [0.15, 0.2) is 5.96 Å². The maximum Gasteiger partial charge on any atom is 0.193 e. The molecule has 0 aromatic heterocycles. The lowest BCUT2D eigenvalue weighted by Crippen LogP contribution is -2.47. The molecule has 30 heavy (non-hydrogen) atoms. The van der Waals surface area contributed by atoms with Crippen LogP contribution in [-0.4, -0.2) is 74.8 Å². The zero-order valence-electron chi connectivity index (χ0n) is 19.1. The Morgan fingerprint density at radius 3 is 2.37 bits per heavy atom. The zero-order chi connectivity index (χ0) is 21.2. The molecule has 0 radical (unpaired) electrons. The van der Waals surface area contributed by atoms with Crippen molar-refractivity contribution in [3.05, 3.63) is 29.8 Å². The Morgan fingerprint density at radius 2 is 1.77 bits per heavy atom. The van der Waals surface area contributed by atoms with Crippen LogP contribution in [0.4, 0.5) is 0 Å². The SMILES string of the molecule is CCNC(=NCC(c1ccc(OC)cc1)N1CCCCC1)N1CCC(OCC)CC1. The van der Waals surface area contributed by atoms with Crippen molar-refractivity contribution in [2.24, 2.45) is 4.99 Å². The Kier molecular flexibility index (Phi) is 9.27. The molecule has 0 spiro atoms. The first-order chi connectivity index (χ1) is 14.7. The average Bonchev–Trinajstić information content (AvgIpc) is 2.80. The molecular weight excluding hydrogens is 376 g/mol. The van der Waals surface area contributed by atoms with Gasteiger partial charge in [-0.1, -0.05) is 18.6 Å². The zero-order valence-corrected chi connectivity index (χ0v) is 19.1. The molecule has 168 valence electrons. The molecule has 2 aliphatic rings. The van der Waals surface area contributed by atoms with Crippen molar-refractivity contribution in [2.45, 2.75) is 58.1 Å². The number of ether oxygens (including phenoxy) is 2. The number of hydrogen-bond acceptors (Lipinski definition) is 4. The van der Waals surface area contributed by atoms with Crippen molar-refractivity contribution in [1.29, 1.82) is 0 Å². The van der Waals surface area contributed by atoms with Gasteiger partial charge in [0.1, 0.15) is 5.75 Å². The quantitative estimate of drug-likeness (QED) is 0.517. The van der Waals surface area contributed by atoms with Gasteiger partial charge in [0.2, 0.25) is 0 Å². The fourth-order valence-corrected chi connectivity index (χ4v) is 4.56. The second kappa shape index (κ2) is 12.2. The first-order valence-electron chi connectivity index (χ1n) is 11.8. The molecule has 6 heteroatoms. The van der Waals surface area contributed by atoms with Gasteiger partial charge in [0, 0.05) is 26.2 Å². The lowest BCUT2D eigenvalue weighted by Gasteiger charge is -2.36. The van der Waals surface area contributed by atoms with Crippen LogP contribution in [0.5, 0.6) is 5.75 Å². The van der Waals surface area contributed by atoms with E-state index in [4.69, 9.17) is 14.5 Å². The Hall–Kier alpha value is -1.79. The summed E-state index contributed by atoms with van der Waals surface area (Å²) >= 11 is 0. The largest absolute Gasteiger partial charge is 0.497 e. The number of hydrogen-bond donors (Lipinski definition) is 1. The van der Waals surface area contributed by atoms with E-state index >= 15 is 0 Å². The van der Waals surface area contributed by atoms with E-state index in [2.05, 4.69) is 53.2 Å². The Bertz CT molecular complexity index is 635. The van der Waals surface area contributed by atoms with Crippen molar-refractivity contribution in [3.63, 3.8) is 0 Å². The molecule has 0 bridgehead atoms. The summed E-state index contributed by atoms with van der Waals surface area (Å²) in [5.74, 6) is 1.95. The monoisotopic (exact) mass is 416 g/mol. The van der Waals surface area contributed by atoms with Crippen molar-refractivity contribution in [2.75, 3.05) is 53.0 Å². The summed E-state index contributed by atoms with van der Waals surface area (Å²) in [7, 11) is 1.72. The number of guanidine groups is 1. The Morgan fingerprint density at radius 1 is 1.07 bits per heavy atom. The van der Waals surface area contributed by atoms with Crippen molar-refractivity contribution in [3.8, 4) is 5.75 Å². The molecular formula is C24H40N4O2. The van der Waals surface area contributed by atoms with Gasteiger partial charge >= 0.3 is 0 Å². The number of aliphatic imine (C=N–C) groups is 1. The van der Waals surface area contributed by atoms with E-state index in [1.807, 2.05) is 0 Å². The summed E-state index contributed by atoms with van der Waals surface area (Å²) in [5, 5.41) is 3.52. The maximum absolute atomic E-state index is 5.82. The van der Waals surface area contributed by atoms with Gasteiger partial charge in [0.05, 0.1) is 25.8 Å². The third-order valence-corrected chi connectivity index (χ3v) is 6.22. The molecule has 6 nitrogen and oxygen atoms in total. The number of benzene rings is 1. The minimum Gasteiger partial charge on any atom is -0.497 e. The highest BCUT2D eigenvalue weighted by Gasteiger charge is 2.25. The van der Waals surface area contributed by atoms with Crippen LogP contribution in [0.3, 0.4) is 0 Å². The predicted octanol–water partition coefficient (Wildman–Crippen LogP) is 3.69. The van der Waals surface area contributed by atoms with Gasteiger partial charge in [-0.15, -0.1) is 0 Å². The van der Waals surface area contributed by atoms with Crippen LogP contribution in [0.25, 0.3) is 0 Å². The number of rotatable bonds is 8. The smallest absolute Gasteiger partial charge is 0.193 e. The molecule has 0 aliphatic carbocycles. The molecule has 2 fully saturated rings.